The number of aliphatic carboxylic acids is 1. The lowest BCUT2D eigenvalue weighted by Gasteiger charge is -2.21. The molecule has 0 aliphatic rings. The first-order chi connectivity index (χ1) is 38.0. The Morgan fingerprint density at radius 3 is 0.883 bits per heavy atom. The summed E-state index contributed by atoms with van der Waals surface area (Å²) in [6.45, 7) is 0. The van der Waals surface area contributed by atoms with E-state index in [9.17, 15) is 9.90 Å². The molecule has 0 aromatic heterocycles. The first kappa shape index (κ1) is 51.7. The fourth-order valence-corrected chi connectivity index (χ4v) is 8.87. The largest absolute Gasteiger partial charge is 0.478 e. The third-order valence-corrected chi connectivity index (χ3v) is 12.8. The van der Waals surface area contributed by atoms with Crippen LogP contribution in [0.5, 0.6) is 0 Å². The number of carboxylic acids is 1. The molecular weight excluding hydrogens is 933 g/mol. The quantitative estimate of drug-likeness (QED) is 0.0498. The van der Waals surface area contributed by atoms with Crippen molar-refractivity contribution in [2.24, 2.45) is 0 Å². The van der Waals surface area contributed by atoms with Crippen molar-refractivity contribution in [3.8, 4) is 0 Å². The zero-order chi connectivity index (χ0) is 52.7. The number of carbonyl (C=O) groups is 1. The van der Waals surface area contributed by atoms with E-state index < -0.39 is 5.97 Å². The Bertz CT molecular complexity index is 3670. The maximum atomic E-state index is 14.2. The molecule has 0 saturated heterocycles. The van der Waals surface area contributed by atoms with E-state index in [-0.39, 0.29) is 5.57 Å². The first-order valence-corrected chi connectivity index (χ1v) is 25.8. The minimum Gasteiger partial charge on any atom is -0.478 e. The normalized spacial score (nSPS) is 12.8. The standard InChI is InChI=1S/C75H58O2/c76-75(77)73(56-48-65-39-23-8-24-40-65)70(53-45-62-33-17-5-18-34-62)69(52-44-61-31-15-4-16-32-61)72(55-47-64-37-21-7-22-38-64)74-57-66(49-41-58-25-9-1-10-26-58)67(50-42-59-27-11-2-12-28-59)68(51-43-60-29-13-3-14-30-60)71(74)54-46-63-35-19-6-20-36-63/h1-57H,(H,76,77). The number of carboxylic acid groups (broad SMARTS) is 1. The summed E-state index contributed by atoms with van der Waals surface area (Å²) < 4.78 is 0. The van der Waals surface area contributed by atoms with Crippen LogP contribution < -0.4 is 0 Å². The van der Waals surface area contributed by atoms with Crippen LogP contribution in [0.15, 0.2) is 290 Å². The number of allylic oxidation sites excluding steroid dienone is 6. The molecule has 0 amide bonds. The van der Waals surface area contributed by atoms with Gasteiger partial charge >= 0.3 is 5.97 Å². The van der Waals surface area contributed by atoms with Gasteiger partial charge in [-0.2, -0.15) is 0 Å². The van der Waals surface area contributed by atoms with E-state index in [1.165, 1.54) is 0 Å². The maximum Gasteiger partial charge on any atom is 0.336 e. The molecule has 9 aromatic carbocycles. The van der Waals surface area contributed by atoms with Crippen LogP contribution in [-0.4, -0.2) is 11.1 Å². The fourth-order valence-electron chi connectivity index (χ4n) is 8.87. The van der Waals surface area contributed by atoms with Crippen LogP contribution in [0.25, 0.3) is 78.5 Å². The van der Waals surface area contributed by atoms with Crippen LogP contribution >= 0.6 is 0 Å². The van der Waals surface area contributed by atoms with E-state index in [0.29, 0.717) is 11.1 Å². The molecule has 370 valence electrons. The second-order valence-corrected chi connectivity index (χ2v) is 18.2. The fraction of sp³-hybridized carbons (Fsp3) is 0. The molecule has 2 heteroatoms. The van der Waals surface area contributed by atoms with Gasteiger partial charge in [0.05, 0.1) is 5.57 Å². The van der Waals surface area contributed by atoms with Gasteiger partial charge in [0.1, 0.15) is 0 Å². The van der Waals surface area contributed by atoms with Crippen LogP contribution in [0.4, 0.5) is 0 Å². The molecule has 0 radical (unpaired) electrons. The van der Waals surface area contributed by atoms with Gasteiger partial charge in [0.2, 0.25) is 0 Å². The number of benzene rings is 9. The molecule has 0 atom stereocenters. The number of hydrogen-bond donors (Lipinski definition) is 1. The van der Waals surface area contributed by atoms with Crippen molar-refractivity contribution in [1.82, 2.24) is 0 Å². The molecule has 0 spiro atoms. The Morgan fingerprint density at radius 2 is 0.532 bits per heavy atom. The molecule has 0 fully saturated rings. The van der Waals surface area contributed by atoms with Crippen molar-refractivity contribution in [3.05, 3.63) is 362 Å². The van der Waals surface area contributed by atoms with E-state index in [1.54, 1.807) is 6.08 Å². The van der Waals surface area contributed by atoms with Crippen molar-refractivity contribution in [2.75, 3.05) is 0 Å². The highest BCUT2D eigenvalue weighted by atomic mass is 16.4. The highest BCUT2D eigenvalue weighted by Gasteiger charge is 2.21. The predicted octanol–water partition coefficient (Wildman–Crippen LogP) is 19.4. The third-order valence-electron chi connectivity index (χ3n) is 12.8. The predicted molar refractivity (Wildman–Crippen MR) is 331 cm³/mol. The van der Waals surface area contributed by atoms with Gasteiger partial charge in [-0.25, -0.2) is 4.79 Å². The summed E-state index contributed by atoms with van der Waals surface area (Å²) >= 11 is 0. The maximum absolute atomic E-state index is 14.2. The molecule has 9 aromatic rings. The van der Waals surface area contributed by atoms with E-state index >= 15 is 0 Å². The van der Waals surface area contributed by atoms with Crippen LogP contribution in [0.3, 0.4) is 0 Å². The summed E-state index contributed by atoms with van der Waals surface area (Å²) in [6, 6.07) is 84.0. The topological polar surface area (TPSA) is 37.3 Å². The lowest BCUT2D eigenvalue weighted by Crippen LogP contribution is -2.06. The Labute approximate surface area is 454 Å². The lowest BCUT2D eigenvalue weighted by atomic mass is 9.82. The van der Waals surface area contributed by atoms with E-state index in [4.69, 9.17) is 0 Å². The summed E-state index contributed by atoms with van der Waals surface area (Å²) in [7, 11) is 0. The van der Waals surface area contributed by atoms with Crippen molar-refractivity contribution in [1.29, 1.82) is 0 Å². The van der Waals surface area contributed by atoms with Gasteiger partial charge in [-0.05, 0) is 101 Å². The van der Waals surface area contributed by atoms with Gasteiger partial charge in [0.25, 0.3) is 0 Å². The molecule has 2 nitrogen and oxygen atoms in total. The van der Waals surface area contributed by atoms with Crippen molar-refractivity contribution in [3.63, 3.8) is 0 Å². The van der Waals surface area contributed by atoms with E-state index in [2.05, 4.69) is 200 Å². The summed E-state index contributed by atoms with van der Waals surface area (Å²) in [5.41, 5.74) is 14.9. The molecule has 0 saturated carbocycles. The van der Waals surface area contributed by atoms with Crippen molar-refractivity contribution >= 4 is 84.5 Å². The van der Waals surface area contributed by atoms with Gasteiger partial charge in [-0.1, -0.05) is 334 Å². The van der Waals surface area contributed by atoms with Crippen LogP contribution in [0.2, 0.25) is 0 Å². The van der Waals surface area contributed by atoms with Gasteiger partial charge in [-0.15, -0.1) is 0 Å². The summed E-state index contributed by atoms with van der Waals surface area (Å²) in [4.78, 5) is 14.2. The number of rotatable bonds is 19. The summed E-state index contributed by atoms with van der Waals surface area (Å²) in [5, 5.41) is 11.6. The molecule has 0 bridgehead atoms. The van der Waals surface area contributed by atoms with Gasteiger partial charge in [0, 0.05) is 0 Å². The van der Waals surface area contributed by atoms with Crippen molar-refractivity contribution in [2.45, 2.75) is 0 Å². The Hall–Kier alpha value is -10.2. The number of hydrogen-bond acceptors (Lipinski definition) is 1. The zero-order valence-corrected chi connectivity index (χ0v) is 42.8. The van der Waals surface area contributed by atoms with E-state index in [1.807, 2.05) is 140 Å². The lowest BCUT2D eigenvalue weighted by molar-refractivity contribution is -0.132. The smallest absolute Gasteiger partial charge is 0.336 e. The SMILES string of the molecule is O=C(O)C(C=Cc1ccccc1)=C(C=Cc1ccccc1)C(C=Cc1ccccc1)=C(C=Cc1ccccc1)c1cc(C=Cc2ccccc2)c(C=Cc2ccccc2)c(C=Cc2ccccc2)c1C=Cc1ccccc1. The average molecular weight is 991 g/mol. The van der Waals surface area contributed by atoms with E-state index in [0.717, 1.165) is 77.9 Å². The van der Waals surface area contributed by atoms with Crippen LogP contribution in [-0.2, 0) is 4.79 Å². The van der Waals surface area contributed by atoms with Gasteiger partial charge in [0.15, 0.2) is 0 Å². The molecule has 1 N–H and O–H groups in total. The average Bonchev–Trinajstić information content (AvgIpc) is 3.52. The molecule has 9 rings (SSSR count). The van der Waals surface area contributed by atoms with Crippen molar-refractivity contribution < 1.29 is 9.90 Å². The zero-order valence-electron chi connectivity index (χ0n) is 42.8. The highest BCUT2D eigenvalue weighted by Crippen LogP contribution is 2.39. The second-order valence-electron chi connectivity index (χ2n) is 18.2. The Morgan fingerprint density at radius 1 is 0.260 bits per heavy atom. The molecule has 0 unspecified atom stereocenters. The van der Waals surface area contributed by atoms with Gasteiger partial charge < -0.3 is 5.11 Å². The Balaban J connectivity index is 1.48. The molecule has 0 aliphatic carbocycles. The first-order valence-electron chi connectivity index (χ1n) is 25.8. The molecule has 77 heavy (non-hydrogen) atoms. The monoisotopic (exact) mass is 990 g/mol. The molecular formula is C75H58O2. The minimum atomic E-state index is -1.06. The minimum absolute atomic E-state index is 0.122. The van der Waals surface area contributed by atoms with Gasteiger partial charge in [-0.3, -0.25) is 0 Å². The second kappa shape index (κ2) is 27.2. The van der Waals surface area contributed by atoms with Crippen LogP contribution in [0, 0.1) is 0 Å². The summed E-state index contributed by atoms with van der Waals surface area (Å²) in [6.07, 6.45) is 33.5. The molecule has 0 heterocycles. The third kappa shape index (κ3) is 15.0. The Kier molecular flexibility index (Phi) is 18.3. The summed E-state index contributed by atoms with van der Waals surface area (Å²) in [5.74, 6) is -1.06. The van der Waals surface area contributed by atoms with Crippen LogP contribution in [0.1, 0.15) is 72.3 Å². The highest BCUT2D eigenvalue weighted by molar-refractivity contribution is 6.01. The molecule has 0 aliphatic heterocycles.